The molecule has 0 unspecified atom stereocenters. The average molecular weight is 362 g/mol. The van der Waals surface area contributed by atoms with Gasteiger partial charge in [-0.15, -0.1) is 0 Å². The first-order valence-corrected chi connectivity index (χ1v) is 9.24. The summed E-state index contributed by atoms with van der Waals surface area (Å²) in [5.74, 6) is 0.661. The molecule has 0 radical (unpaired) electrons. The van der Waals surface area contributed by atoms with Crippen molar-refractivity contribution in [2.75, 3.05) is 13.1 Å². The Bertz CT molecular complexity index is 708. The highest BCUT2D eigenvalue weighted by Gasteiger charge is 2.22. The Balaban J connectivity index is 1.55. The lowest BCUT2D eigenvalue weighted by atomic mass is 10.1. The summed E-state index contributed by atoms with van der Waals surface area (Å²) in [5, 5.41) is 7.66. The fourth-order valence-electron chi connectivity index (χ4n) is 3.15. The first kappa shape index (κ1) is 18.0. The van der Waals surface area contributed by atoms with Crippen molar-refractivity contribution in [1.29, 1.82) is 0 Å². The third kappa shape index (κ3) is 4.83. The highest BCUT2D eigenvalue weighted by Crippen LogP contribution is 2.22. The first-order valence-electron chi connectivity index (χ1n) is 8.87. The molecule has 6 heteroatoms. The van der Waals surface area contributed by atoms with E-state index in [0.717, 1.165) is 18.7 Å². The SMILES string of the molecule is C[C@H](C(=O)NCc1cc(-c2cccc(Cl)c2)no1)N1CCCCCC1. The Kier molecular flexibility index (Phi) is 6.10. The Morgan fingerprint density at radius 1 is 1.28 bits per heavy atom. The van der Waals surface area contributed by atoms with Crippen LogP contribution in [0.25, 0.3) is 11.3 Å². The second-order valence-electron chi connectivity index (χ2n) is 6.53. The van der Waals surface area contributed by atoms with Gasteiger partial charge in [0.05, 0.1) is 12.6 Å². The number of halogens is 1. The van der Waals surface area contributed by atoms with Crippen LogP contribution in [0.4, 0.5) is 0 Å². The fourth-order valence-corrected chi connectivity index (χ4v) is 3.34. The van der Waals surface area contributed by atoms with Crippen LogP contribution in [0.15, 0.2) is 34.9 Å². The topological polar surface area (TPSA) is 58.4 Å². The number of hydrogen-bond donors (Lipinski definition) is 1. The lowest BCUT2D eigenvalue weighted by Crippen LogP contribution is -2.45. The molecule has 1 saturated heterocycles. The normalized spacial score (nSPS) is 17.0. The molecule has 1 N–H and O–H groups in total. The van der Waals surface area contributed by atoms with Crippen LogP contribution >= 0.6 is 11.6 Å². The van der Waals surface area contributed by atoms with Crippen molar-refractivity contribution < 1.29 is 9.32 Å². The maximum Gasteiger partial charge on any atom is 0.237 e. The van der Waals surface area contributed by atoms with E-state index in [1.165, 1.54) is 25.7 Å². The van der Waals surface area contributed by atoms with E-state index < -0.39 is 0 Å². The molecule has 1 aromatic carbocycles. The van der Waals surface area contributed by atoms with Gasteiger partial charge in [0.25, 0.3) is 0 Å². The number of rotatable bonds is 5. The Morgan fingerprint density at radius 2 is 2.04 bits per heavy atom. The molecule has 1 atom stereocenters. The van der Waals surface area contributed by atoms with Gasteiger partial charge in [-0.1, -0.05) is 41.7 Å². The van der Waals surface area contributed by atoms with Crippen LogP contribution in [0.1, 0.15) is 38.4 Å². The number of hydrogen-bond acceptors (Lipinski definition) is 4. The lowest BCUT2D eigenvalue weighted by Gasteiger charge is -2.26. The summed E-state index contributed by atoms with van der Waals surface area (Å²) in [5.41, 5.74) is 1.61. The highest BCUT2D eigenvalue weighted by atomic mass is 35.5. The van der Waals surface area contributed by atoms with E-state index in [9.17, 15) is 4.79 Å². The quantitative estimate of drug-likeness (QED) is 0.878. The van der Waals surface area contributed by atoms with Gasteiger partial charge in [-0.2, -0.15) is 0 Å². The van der Waals surface area contributed by atoms with Gasteiger partial charge in [0.1, 0.15) is 5.69 Å². The number of benzene rings is 1. The van der Waals surface area contributed by atoms with Crippen molar-refractivity contribution in [1.82, 2.24) is 15.4 Å². The summed E-state index contributed by atoms with van der Waals surface area (Å²) >= 11 is 6.00. The van der Waals surface area contributed by atoms with Crippen LogP contribution in [0.5, 0.6) is 0 Å². The molecule has 1 fully saturated rings. The highest BCUT2D eigenvalue weighted by molar-refractivity contribution is 6.30. The van der Waals surface area contributed by atoms with E-state index in [2.05, 4.69) is 15.4 Å². The van der Waals surface area contributed by atoms with Crippen molar-refractivity contribution in [2.24, 2.45) is 0 Å². The van der Waals surface area contributed by atoms with Gasteiger partial charge in [0.15, 0.2) is 5.76 Å². The average Bonchev–Trinajstić information content (AvgIpc) is 2.92. The zero-order valence-electron chi connectivity index (χ0n) is 14.5. The maximum absolute atomic E-state index is 12.4. The molecular formula is C19H24ClN3O2. The van der Waals surface area contributed by atoms with Crippen LogP contribution in [-0.2, 0) is 11.3 Å². The Morgan fingerprint density at radius 3 is 2.76 bits per heavy atom. The summed E-state index contributed by atoms with van der Waals surface area (Å²) in [6, 6.07) is 9.17. The number of nitrogens with one attached hydrogen (secondary N) is 1. The summed E-state index contributed by atoms with van der Waals surface area (Å²) in [7, 11) is 0. The molecule has 0 bridgehead atoms. The predicted octanol–water partition coefficient (Wildman–Crippen LogP) is 3.88. The van der Waals surface area contributed by atoms with Crippen LogP contribution in [-0.4, -0.2) is 35.1 Å². The summed E-state index contributed by atoms with van der Waals surface area (Å²) in [6.07, 6.45) is 4.86. The second-order valence-corrected chi connectivity index (χ2v) is 6.97. The zero-order chi connectivity index (χ0) is 17.6. The molecule has 5 nitrogen and oxygen atoms in total. The minimum absolute atomic E-state index is 0.0302. The molecule has 2 heterocycles. The molecule has 1 amide bonds. The number of likely N-dealkylation sites (tertiary alicyclic amines) is 1. The van der Waals surface area contributed by atoms with Crippen LogP contribution in [0.3, 0.4) is 0 Å². The van der Waals surface area contributed by atoms with Crippen molar-refractivity contribution in [2.45, 2.75) is 45.2 Å². The third-order valence-corrected chi connectivity index (χ3v) is 4.92. The molecule has 1 aliphatic rings. The maximum atomic E-state index is 12.4. The van der Waals surface area contributed by atoms with Gasteiger partial charge in [0.2, 0.25) is 5.91 Å². The van der Waals surface area contributed by atoms with Crippen molar-refractivity contribution >= 4 is 17.5 Å². The number of carbonyl (C=O) groups is 1. The van der Waals surface area contributed by atoms with Gasteiger partial charge in [-0.3, -0.25) is 9.69 Å². The fraction of sp³-hybridized carbons (Fsp3) is 0.474. The third-order valence-electron chi connectivity index (χ3n) is 4.68. The standard InChI is InChI=1S/C19H24ClN3O2/c1-14(23-9-4-2-3-5-10-23)19(24)21-13-17-12-18(22-25-17)15-7-6-8-16(20)11-15/h6-8,11-12,14H,2-5,9-10,13H2,1H3,(H,21,24)/t14-/m1/s1. The molecule has 1 aliphatic heterocycles. The first-order chi connectivity index (χ1) is 12.1. The lowest BCUT2D eigenvalue weighted by molar-refractivity contribution is -0.126. The van der Waals surface area contributed by atoms with E-state index in [1.54, 1.807) is 0 Å². The summed E-state index contributed by atoms with van der Waals surface area (Å²) in [6.45, 7) is 4.30. The smallest absolute Gasteiger partial charge is 0.237 e. The molecule has 2 aromatic rings. The van der Waals surface area contributed by atoms with E-state index in [0.29, 0.717) is 23.0 Å². The van der Waals surface area contributed by atoms with Crippen LogP contribution < -0.4 is 5.32 Å². The van der Waals surface area contributed by atoms with Gasteiger partial charge in [-0.25, -0.2) is 0 Å². The molecule has 25 heavy (non-hydrogen) atoms. The molecule has 0 spiro atoms. The van der Waals surface area contributed by atoms with E-state index in [4.69, 9.17) is 16.1 Å². The summed E-state index contributed by atoms with van der Waals surface area (Å²) in [4.78, 5) is 14.7. The molecule has 134 valence electrons. The van der Waals surface area contributed by atoms with Crippen LogP contribution in [0.2, 0.25) is 5.02 Å². The molecule has 1 aromatic heterocycles. The van der Waals surface area contributed by atoms with E-state index >= 15 is 0 Å². The van der Waals surface area contributed by atoms with Crippen molar-refractivity contribution in [3.63, 3.8) is 0 Å². The minimum atomic E-state index is -0.117. The Hall–Kier alpha value is -1.85. The van der Waals surface area contributed by atoms with Gasteiger partial charge in [-0.05, 0) is 45.0 Å². The van der Waals surface area contributed by atoms with Crippen molar-refractivity contribution in [3.8, 4) is 11.3 Å². The van der Waals surface area contributed by atoms with E-state index in [1.807, 2.05) is 37.3 Å². The van der Waals surface area contributed by atoms with E-state index in [-0.39, 0.29) is 11.9 Å². The number of aromatic nitrogens is 1. The summed E-state index contributed by atoms with van der Waals surface area (Å²) < 4.78 is 5.33. The van der Waals surface area contributed by atoms with Gasteiger partial charge < -0.3 is 9.84 Å². The molecular weight excluding hydrogens is 338 g/mol. The largest absolute Gasteiger partial charge is 0.359 e. The molecule has 0 saturated carbocycles. The van der Waals surface area contributed by atoms with Crippen LogP contribution in [0, 0.1) is 0 Å². The zero-order valence-corrected chi connectivity index (χ0v) is 15.3. The predicted molar refractivity (Wildman–Crippen MR) is 98.3 cm³/mol. The molecule has 3 rings (SSSR count). The number of amides is 1. The monoisotopic (exact) mass is 361 g/mol. The molecule has 0 aliphatic carbocycles. The van der Waals surface area contributed by atoms with Gasteiger partial charge in [0, 0.05) is 16.7 Å². The number of nitrogens with zero attached hydrogens (tertiary/aromatic N) is 2. The Labute approximate surface area is 153 Å². The minimum Gasteiger partial charge on any atom is -0.359 e. The second kappa shape index (κ2) is 8.50. The van der Waals surface area contributed by atoms with Crippen molar-refractivity contribution in [3.05, 3.63) is 41.1 Å². The number of carbonyl (C=O) groups excluding carboxylic acids is 1. The van der Waals surface area contributed by atoms with Gasteiger partial charge >= 0.3 is 0 Å².